The van der Waals surface area contributed by atoms with Crippen molar-refractivity contribution < 1.29 is 28.2 Å². The molecule has 0 amide bonds. The normalized spacial score (nSPS) is 12.9. The van der Waals surface area contributed by atoms with Crippen LogP contribution < -0.4 is 4.74 Å². The Kier molecular flexibility index (Phi) is 6.81. The molecule has 1 heterocycles. The highest BCUT2D eigenvalue weighted by atomic mass is 16.6. The smallest absolute Gasteiger partial charge is 0.373 e. The van der Waals surface area contributed by atoms with Gasteiger partial charge in [0.1, 0.15) is 5.75 Å². The minimum Gasteiger partial charge on any atom is -0.497 e. The van der Waals surface area contributed by atoms with Crippen molar-refractivity contribution in [3.05, 3.63) is 89.4 Å². The Morgan fingerprint density at radius 1 is 0.968 bits per heavy atom. The highest BCUT2D eigenvalue weighted by Gasteiger charge is 2.42. The summed E-state index contributed by atoms with van der Waals surface area (Å²) in [7, 11) is 2.79. The molecule has 8 nitrogen and oxygen atoms in total. The molecule has 1 atom stereocenters. The first-order chi connectivity index (χ1) is 15.0. The Morgan fingerprint density at radius 2 is 1.68 bits per heavy atom. The van der Waals surface area contributed by atoms with E-state index in [2.05, 4.69) is 10.2 Å². The van der Waals surface area contributed by atoms with E-state index in [0.29, 0.717) is 11.3 Å². The van der Waals surface area contributed by atoms with E-state index in [0.717, 1.165) is 5.56 Å². The van der Waals surface area contributed by atoms with Crippen molar-refractivity contribution in [2.45, 2.75) is 19.2 Å². The van der Waals surface area contributed by atoms with Crippen LogP contribution >= 0.6 is 0 Å². The summed E-state index contributed by atoms with van der Waals surface area (Å²) >= 11 is 0. The molecule has 0 fully saturated rings. The second-order valence-corrected chi connectivity index (χ2v) is 6.51. The molecule has 1 aromatic heterocycles. The second-order valence-electron chi connectivity index (χ2n) is 6.51. The molecule has 0 saturated heterocycles. The fraction of sp³-hybridized carbons (Fsp3) is 0.217. The van der Waals surface area contributed by atoms with Gasteiger partial charge in [-0.15, -0.1) is 5.11 Å². The second kappa shape index (κ2) is 9.71. The number of hydrogen-bond donors (Lipinski definition) is 0. The van der Waals surface area contributed by atoms with Crippen LogP contribution in [0.15, 0.2) is 81.4 Å². The van der Waals surface area contributed by atoms with Gasteiger partial charge in [0, 0.05) is 12.5 Å². The summed E-state index contributed by atoms with van der Waals surface area (Å²) in [4.78, 5) is 24.0. The quantitative estimate of drug-likeness (QED) is 0.392. The van der Waals surface area contributed by atoms with Gasteiger partial charge in [0.15, 0.2) is 5.76 Å². The van der Waals surface area contributed by atoms with Gasteiger partial charge in [-0.05, 0) is 42.0 Å². The maximum atomic E-state index is 12.1. The molecule has 3 rings (SSSR count). The van der Waals surface area contributed by atoms with Gasteiger partial charge in [0.2, 0.25) is 5.76 Å². The molecule has 1 unspecified atom stereocenters. The van der Waals surface area contributed by atoms with Crippen molar-refractivity contribution in [3.63, 3.8) is 0 Å². The van der Waals surface area contributed by atoms with E-state index in [-0.39, 0.29) is 18.1 Å². The molecule has 0 N–H and O–H groups in total. The fourth-order valence-corrected chi connectivity index (χ4v) is 2.93. The summed E-state index contributed by atoms with van der Waals surface area (Å²) < 4.78 is 21.3. The summed E-state index contributed by atoms with van der Waals surface area (Å²) in [5, 5.41) is 8.66. The van der Waals surface area contributed by atoms with Gasteiger partial charge in [-0.1, -0.05) is 30.3 Å². The van der Waals surface area contributed by atoms with Crippen molar-refractivity contribution in [1.82, 2.24) is 0 Å². The minimum atomic E-state index is -1.74. The molecular formula is C23H22N2O6. The molecule has 3 aromatic rings. The number of azo groups is 1. The summed E-state index contributed by atoms with van der Waals surface area (Å²) in [5.74, 6) is -0.619. The maximum absolute atomic E-state index is 12.1. The lowest BCUT2D eigenvalue weighted by molar-refractivity contribution is -0.155. The SMILES string of the molecule is COC(=O)c1ccc(C(N=NCc2ccccc2)(OC(C)=O)c2ccc(OC)cc2)o1. The third kappa shape index (κ3) is 4.98. The van der Waals surface area contributed by atoms with E-state index in [4.69, 9.17) is 18.6 Å². The Bertz CT molecular complexity index is 1060. The Labute approximate surface area is 179 Å². The molecule has 0 radical (unpaired) electrons. The van der Waals surface area contributed by atoms with Crippen LogP contribution in [0.25, 0.3) is 0 Å². The number of benzene rings is 2. The fourth-order valence-electron chi connectivity index (χ4n) is 2.93. The molecule has 0 spiro atoms. The molecule has 0 aliphatic rings. The standard InChI is InChI=1S/C23H22N2O6/c1-16(26)31-23(18-9-11-19(28-2)12-10-18,21-14-13-20(30-21)22(27)29-3)25-24-15-17-7-5-4-6-8-17/h4-14H,15H2,1-3H3. The van der Waals surface area contributed by atoms with E-state index in [9.17, 15) is 9.59 Å². The number of rotatable bonds is 8. The van der Waals surface area contributed by atoms with Crippen LogP contribution in [0.3, 0.4) is 0 Å². The highest BCUT2D eigenvalue weighted by Crippen LogP contribution is 2.38. The first-order valence-corrected chi connectivity index (χ1v) is 9.44. The number of hydrogen-bond acceptors (Lipinski definition) is 8. The summed E-state index contributed by atoms with van der Waals surface area (Å²) in [6.07, 6.45) is 0. The van der Waals surface area contributed by atoms with Gasteiger partial charge in [-0.2, -0.15) is 5.11 Å². The number of methoxy groups -OCH3 is 2. The van der Waals surface area contributed by atoms with E-state index in [1.54, 1.807) is 31.4 Å². The average Bonchev–Trinajstić information content (AvgIpc) is 3.29. The van der Waals surface area contributed by atoms with E-state index >= 15 is 0 Å². The van der Waals surface area contributed by atoms with Crippen LogP contribution in [0.1, 0.15) is 34.4 Å². The van der Waals surface area contributed by atoms with Crippen LogP contribution in [0.2, 0.25) is 0 Å². The zero-order valence-corrected chi connectivity index (χ0v) is 17.4. The van der Waals surface area contributed by atoms with Gasteiger partial charge < -0.3 is 18.6 Å². The lowest BCUT2D eigenvalue weighted by Crippen LogP contribution is -2.30. The van der Waals surface area contributed by atoms with Gasteiger partial charge in [0.05, 0.1) is 20.8 Å². The number of nitrogens with zero attached hydrogens (tertiary/aromatic N) is 2. The molecule has 8 heteroatoms. The first kappa shape index (κ1) is 21.8. The van der Waals surface area contributed by atoms with Crippen LogP contribution in [0.5, 0.6) is 5.75 Å². The minimum absolute atomic E-state index is 0.0548. The van der Waals surface area contributed by atoms with Crippen molar-refractivity contribution in [2.75, 3.05) is 14.2 Å². The van der Waals surface area contributed by atoms with Crippen molar-refractivity contribution in [3.8, 4) is 5.75 Å². The van der Waals surface area contributed by atoms with Gasteiger partial charge in [-0.3, -0.25) is 4.79 Å². The summed E-state index contributed by atoms with van der Waals surface area (Å²) in [5.41, 5.74) is -0.349. The Balaban J connectivity index is 2.11. The van der Waals surface area contributed by atoms with Crippen LogP contribution in [-0.4, -0.2) is 26.2 Å². The predicted octanol–water partition coefficient (Wildman–Crippen LogP) is 4.49. The lowest BCUT2D eigenvalue weighted by atomic mass is 10.0. The number of ether oxygens (including phenoxy) is 3. The molecular weight excluding hydrogens is 400 g/mol. The lowest BCUT2D eigenvalue weighted by Gasteiger charge is -2.26. The number of esters is 2. The van der Waals surface area contributed by atoms with E-state index in [1.807, 2.05) is 30.3 Å². The largest absolute Gasteiger partial charge is 0.497 e. The van der Waals surface area contributed by atoms with Crippen LogP contribution in [0.4, 0.5) is 0 Å². The monoisotopic (exact) mass is 422 g/mol. The Hall–Kier alpha value is -3.94. The van der Waals surface area contributed by atoms with Gasteiger partial charge in [0.25, 0.3) is 0 Å². The first-order valence-electron chi connectivity index (χ1n) is 9.44. The molecule has 0 aliphatic carbocycles. The topological polar surface area (TPSA) is 99.7 Å². The highest BCUT2D eigenvalue weighted by molar-refractivity contribution is 5.86. The van der Waals surface area contributed by atoms with Crippen LogP contribution in [0, 0.1) is 0 Å². The summed E-state index contributed by atoms with van der Waals surface area (Å²) in [6, 6.07) is 19.2. The zero-order chi connectivity index (χ0) is 22.3. The molecule has 0 saturated carbocycles. The van der Waals surface area contributed by atoms with Crippen LogP contribution in [-0.2, 0) is 26.5 Å². The molecule has 0 bridgehead atoms. The van der Waals surface area contributed by atoms with Crippen molar-refractivity contribution in [1.29, 1.82) is 0 Å². The average molecular weight is 422 g/mol. The third-order valence-corrected chi connectivity index (χ3v) is 4.41. The maximum Gasteiger partial charge on any atom is 0.373 e. The van der Waals surface area contributed by atoms with Gasteiger partial charge in [-0.25, -0.2) is 4.79 Å². The number of furan rings is 1. The third-order valence-electron chi connectivity index (χ3n) is 4.41. The van der Waals surface area contributed by atoms with Gasteiger partial charge >= 0.3 is 17.7 Å². The van der Waals surface area contributed by atoms with E-state index < -0.39 is 17.7 Å². The number of carbonyl (C=O) groups is 2. The van der Waals surface area contributed by atoms with E-state index in [1.165, 1.54) is 26.2 Å². The molecule has 31 heavy (non-hydrogen) atoms. The van der Waals surface area contributed by atoms with Crippen molar-refractivity contribution in [2.24, 2.45) is 10.2 Å². The molecule has 2 aromatic carbocycles. The molecule has 160 valence electrons. The molecule has 0 aliphatic heterocycles. The predicted molar refractivity (Wildman–Crippen MR) is 111 cm³/mol. The zero-order valence-electron chi connectivity index (χ0n) is 17.4. The van der Waals surface area contributed by atoms with Crippen molar-refractivity contribution >= 4 is 11.9 Å². The number of carbonyl (C=O) groups excluding carboxylic acids is 2. The Morgan fingerprint density at radius 3 is 2.29 bits per heavy atom. The summed E-state index contributed by atoms with van der Waals surface area (Å²) in [6.45, 7) is 1.51.